The molecule has 0 radical (unpaired) electrons. The summed E-state index contributed by atoms with van der Waals surface area (Å²) in [5.41, 5.74) is 0. The van der Waals surface area contributed by atoms with Crippen LogP contribution in [0.1, 0.15) is 44.3 Å². The first kappa shape index (κ1) is 18.2. The highest BCUT2D eigenvalue weighted by molar-refractivity contribution is 7.89. The molecule has 3 aliphatic rings. The number of aromatic nitrogens is 2. The molecule has 4 rings (SSSR count). The van der Waals surface area contributed by atoms with Crippen molar-refractivity contribution in [3.05, 3.63) is 12.0 Å². The van der Waals surface area contributed by atoms with Gasteiger partial charge in [-0.25, -0.2) is 13.4 Å². The van der Waals surface area contributed by atoms with E-state index < -0.39 is 10.0 Å². The molecule has 24 heavy (non-hydrogen) atoms. The molecule has 1 saturated heterocycles. The van der Waals surface area contributed by atoms with Gasteiger partial charge in [-0.05, 0) is 51.0 Å². The van der Waals surface area contributed by atoms with E-state index in [0.717, 1.165) is 56.9 Å². The zero-order valence-corrected chi connectivity index (χ0v) is 15.6. The standard InChI is InChI=1S/C16H26N4O2S.ClH/c21-23(22,16-12-19-8-2-1-3-15(19)18-16)20-9-6-14(7-10-20)17-11-13-4-5-13;/h12-14,17H,1-11H2;1H. The van der Waals surface area contributed by atoms with E-state index in [0.29, 0.717) is 19.1 Å². The molecule has 0 aromatic carbocycles. The molecule has 1 saturated carbocycles. The number of imidazole rings is 1. The van der Waals surface area contributed by atoms with Crippen LogP contribution in [0.4, 0.5) is 0 Å². The molecular weight excluding hydrogens is 348 g/mol. The van der Waals surface area contributed by atoms with Crippen LogP contribution >= 0.6 is 12.4 Å². The van der Waals surface area contributed by atoms with Gasteiger partial charge in [0.15, 0.2) is 5.03 Å². The van der Waals surface area contributed by atoms with E-state index in [9.17, 15) is 8.42 Å². The summed E-state index contributed by atoms with van der Waals surface area (Å²) in [6.45, 7) is 3.20. The van der Waals surface area contributed by atoms with Gasteiger partial charge in [-0.3, -0.25) is 0 Å². The fourth-order valence-corrected chi connectivity index (χ4v) is 5.04. The van der Waals surface area contributed by atoms with Crippen LogP contribution in [0.2, 0.25) is 0 Å². The Kier molecular flexibility index (Phi) is 5.54. The van der Waals surface area contributed by atoms with E-state index in [4.69, 9.17) is 0 Å². The third kappa shape index (κ3) is 3.79. The normalized spacial score (nSPS) is 22.8. The number of halogens is 1. The lowest BCUT2D eigenvalue weighted by atomic mass is 10.1. The molecule has 1 aromatic heterocycles. The Hall–Kier alpha value is -0.630. The molecule has 3 heterocycles. The monoisotopic (exact) mass is 374 g/mol. The summed E-state index contributed by atoms with van der Waals surface area (Å²) in [7, 11) is -3.42. The molecule has 0 spiro atoms. The molecule has 1 N–H and O–H groups in total. The Bertz CT molecular complexity index is 640. The Morgan fingerprint density at radius 1 is 1.12 bits per heavy atom. The molecule has 0 bridgehead atoms. The Morgan fingerprint density at radius 3 is 2.54 bits per heavy atom. The maximum Gasteiger partial charge on any atom is 0.262 e. The second kappa shape index (κ2) is 7.32. The molecule has 0 unspecified atom stereocenters. The average Bonchev–Trinajstić information content (AvgIpc) is 3.29. The highest BCUT2D eigenvalue weighted by atomic mass is 35.5. The van der Waals surface area contributed by atoms with Crippen molar-refractivity contribution in [2.45, 2.75) is 62.6 Å². The maximum atomic E-state index is 12.8. The first-order chi connectivity index (χ1) is 11.1. The van der Waals surface area contributed by atoms with Crippen LogP contribution in [0.3, 0.4) is 0 Å². The smallest absolute Gasteiger partial charge is 0.262 e. The zero-order chi connectivity index (χ0) is 15.9. The van der Waals surface area contributed by atoms with Crippen molar-refractivity contribution in [3.8, 4) is 0 Å². The number of aryl methyl sites for hydroxylation is 2. The Morgan fingerprint density at radius 2 is 1.88 bits per heavy atom. The van der Waals surface area contributed by atoms with Crippen molar-refractivity contribution in [2.24, 2.45) is 5.92 Å². The lowest BCUT2D eigenvalue weighted by Crippen LogP contribution is -2.45. The van der Waals surface area contributed by atoms with Crippen molar-refractivity contribution in [3.63, 3.8) is 0 Å². The van der Waals surface area contributed by atoms with Gasteiger partial charge in [-0.2, -0.15) is 4.31 Å². The number of piperidine rings is 1. The molecule has 2 aliphatic heterocycles. The van der Waals surface area contributed by atoms with Crippen LogP contribution in [0, 0.1) is 5.92 Å². The minimum Gasteiger partial charge on any atom is -0.333 e. The Labute approximate surface area is 150 Å². The van der Waals surface area contributed by atoms with Crippen molar-refractivity contribution in [1.29, 1.82) is 0 Å². The molecule has 0 atom stereocenters. The third-order valence-corrected chi connectivity index (χ3v) is 7.11. The maximum absolute atomic E-state index is 12.8. The SMILES string of the molecule is Cl.O=S(=O)(c1cn2c(n1)CCCC2)N1CCC(NCC2CC2)CC1. The minimum atomic E-state index is -3.42. The summed E-state index contributed by atoms with van der Waals surface area (Å²) in [4.78, 5) is 4.40. The molecule has 1 aromatic rings. The largest absolute Gasteiger partial charge is 0.333 e. The van der Waals surface area contributed by atoms with Gasteiger partial charge in [0.05, 0.1) is 0 Å². The fourth-order valence-electron chi connectivity index (χ4n) is 3.60. The van der Waals surface area contributed by atoms with Crippen LogP contribution in [0.15, 0.2) is 11.2 Å². The van der Waals surface area contributed by atoms with Crippen molar-refractivity contribution < 1.29 is 8.42 Å². The van der Waals surface area contributed by atoms with Crippen LogP contribution in [-0.2, 0) is 23.0 Å². The number of sulfonamides is 1. The van der Waals surface area contributed by atoms with Gasteiger partial charge in [0.2, 0.25) is 0 Å². The molecule has 136 valence electrons. The van der Waals surface area contributed by atoms with Crippen LogP contribution in [0.5, 0.6) is 0 Å². The summed E-state index contributed by atoms with van der Waals surface area (Å²) in [5.74, 6) is 1.80. The van der Waals surface area contributed by atoms with Gasteiger partial charge >= 0.3 is 0 Å². The molecule has 2 fully saturated rings. The summed E-state index contributed by atoms with van der Waals surface area (Å²) in [6.07, 6.45) is 9.36. The highest BCUT2D eigenvalue weighted by Crippen LogP contribution is 2.28. The first-order valence-electron chi connectivity index (χ1n) is 8.92. The van der Waals surface area contributed by atoms with Gasteiger partial charge < -0.3 is 9.88 Å². The second-order valence-corrected chi connectivity index (χ2v) is 9.06. The predicted molar refractivity (Wildman–Crippen MR) is 94.9 cm³/mol. The molecular formula is C16H27ClN4O2S. The van der Waals surface area contributed by atoms with E-state index >= 15 is 0 Å². The minimum absolute atomic E-state index is 0. The van der Waals surface area contributed by atoms with Crippen LogP contribution in [0.25, 0.3) is 0 Å². The third-order valence-electron chi connectivity index (χ3n) is 5.34. The van der Waals surface area contributed by atoms with Crippen LogP contribution < -0.4 is 5.32 Å². The number of nitrogens with one attached hydrogen (secondary N) is 1. The number of fused-ring (bicyclic) bond motifs is 1. The number of hydrogen-bond donors (Lipinski definition) is 1. The summed E-state index contributed by atoms with van der Waals surface area (Å²) >= 11 is 0. The van der Waals surface area contributed by atoms with Crippen LogP contribution in [-0.4, -0.2) is 48.0 Å². The van der Waals surface area contributed by atoms with E-state index in [-0.39, 0.29) is 17.4 Å². The summed E-state index contributed by atoms with van der Waals surface area (Å²) < 4.78 is 29.3. The van der Waals surface area contributed by atoms with Gasteiger partial charge in [-0.1, -0.05) is 0 Å². The van der Waals surface area contributed by atoms with E-state index in [1.807, 2.05) is 4.57 Å². The Balaban J connectivity index is 0.00000169. The van der Waals surface area contributed by atoms with Gasteiger partial charge in [0.1, 0.15) is 5.82 Å². The number of rotatable bonds is 5. The highest BCUT2D eigenvalue weighted by Gasteiger charge is 2.32. The summed E-state index contributed by atoms with van der Waals surface area (Å²) in [5, 5.41) is 3.84. The van der Waals surface area contributed by atoms with Gasteiger partial charge in [-0.15, -0.1) is 12.4 Å². The van der Waals surface area contributed by atoms with E-state index in [1.54, 1.807) is 10.5 Å². The lowest BCUT2D eigenvalue weighted by Gasteiger charge is -2.31. The van der Waals surface area contributed by atoms with Crippen molar-refractivity contribution in [2.75, 3.05) is 19.6 Å². The quantitative estimate of drug-likeness (QED) is 0.853. The second-order valence-electron chi connectivity index (χ2n) is 7.18. The molecule has 6 nitrogen and oxygen atoms in total. The zero-order valence-electron chi connectivity index (χ0n) is 14.0. The van der Waals surface area contributed by atoms with E-state index in [1.165, 1.54) is 12.8 Å². The number of hydrogen-bond acceptors (Lipinski definition) is 4. The van der Waals surface area contributed by atoms with Crippen molar-refractivity contribution >= 4 is 22.4 Å². The molecule has 0 amide bonds. The predicted octanol–water partition coefficient (Wildman–Crippen LogP) is 1.79. The summed E-state index contributed by atoms with van der Waals surface area (Å²) in [6, 6.07) is 0.470. The van der Waals surface area contributed by atoms with Crippen molar-refractivity contribution in [1.82, 2.24) is 19.2 Å². The molecule has 8 heteroatoms. The topological polar surface area (TPSA) is 67.2 Å². The average molecular weight is 375 g/mol. The first-order valence-corrected chi connectivity index (χ1v) is 10.4. The van der Waals surface area contributed by atoms with Gasteiger partial charge in [0.25, 0.3) is 10.0 Å². The fraction of sp³-hybridized carbons (Fsp3) is 0.812. The lowest BCUT2D eigenvalue weighted by molar-refractivity contribution is 0.287. The van der Waals surface area contributed by atoms with Gasteiger partial charge in [0, 0.05) is 38.3 Å². The van der Waals surface area contributed by atoms with E-state index in [2.05, 4.69) is 10.3 Å². The number of nitrogens with zero attached hydrogens (tertiary/aromatic N) is 3. The molecule has 1 aliphatic carbocycles.